The first-order chi connectivity index (χ1) is 21.7. The van der Waals surface area contributed by atoms with Crippen LogP contribution in [0.4, 0.5) is 5.69 Å². The topological polar surface area (TPSA) is 135 Å². The largest absolute Gasteiger partial charge is 0.497 e. The molecule has 0 radical (unpaired) electrons. The molecule has 0 unspecified atom stereocenters. The first-order valence-corrected chi connectivity index (χ1v) is 16.0. The monoisotopic (exact) mass is 625 g/mol. The van der Waals surface area contributed by atoms with Crippen LogP contribution in [0.15, 0.2) is 49.6 Å². The highest BCUT2D eigenvalue weighted by Gasteiger charge is 2.75. The van der Waals surface area contributed by atoms with Crippen LogP contribution >= 0.6 is 0 Å². The second-order valence-corrected chi connectivity index (χ2v) is 12.0. The molecule has 2 N–H and O–H groups in total. The van der Waals surface area contributed by atoms with E-state index in [0.29, 0.717) is 56.5 Å². The molecule has 3 heterocycles. The molecule has 3 saturated heterocycles. The summed E-state index contributed by atoms with van der Waals surface area (Å²) in [4.78, 5) is 57.7. The highest BCUT2D eigenvalue weighted by Crippen LogP contribution is 2.59. The molecule has 3 aliphatic heterocycles. The second kappa shape index (κ2) is 15.5. The fourth-order valence-corrected chi connectivity index (χ4v) is 6.95. The Labute approximate surface area is 265 Å². The molecule has 11 heteroatoms. The Balaban J connectivity index is 1.59. The third-order valence-electron chi connectivity index (χ3n) is 9.05. The van der Waals surface area contributed by atoms with Gasteiger partial charge in [0.15, 0.2) is 0 Å². The number of aliphatic hydroxyl groups is 1. The van der Waals surface area contributed by atoms with Gasteiger partial charge in [-0.3, -0.25) is 19.2 Å². The maximum absolute atomic E-state index is 14.6. The number of esters is 1. The number of benzene rings is 1. The van der Waals surface area contributed by atoms with Gasteiger partial charge < -0.3 is 34.4 Å². The number of hydrogen-bond donors (Lipinski definition) is 2. The van der Waals surface area contributed by atoms with Crippen molar-refractivity contribution in [2.45, 2.75) is 82.1 Å². The molecule has 1 spiro atoms. The van der Waals surface area contributed by atoms with Gasteiger partial charge in [-0.15, -0.1) is 13.2 Å². The fourth-order valence-electron chi connectivity index (χ4n) is 6.95. The third kappa shape index (κ3) is 7.25. The molecule has 3 amide bonds. The standard InChI is InChI=1S/C34H47N3O8/c1-5-7-12-27(39)35-22-23(3)44-33(42)28-26-17-18-34(45-26)29(28)31(40)37(20-10-8-9-11-21-38)30(34)32(41)36(19-6-2)24-13-15-25(43-4)16-14-24/h5-6,13-16,23,26,28-30,38H,1-2,7-12,17-22H2,3-4H3,(H,35,39)/t23-,26+,28-,29-,30+,34-/m1/s1. The number of nitrogens with zero attached hydrogens (tertiary/aromatic N) is 2. The van der Waals surface area contributed by atoms with Gasteiger partial charge in [-0.2, -0.15) is 0 Å². The summed E-state index contributed by atoms with van der Waals surface area (Å²) in [5, 5.41) is 12.0. The SMILES string of the molecule is C=CCCC(=O)NC[C@@H](C)OC(=O)[C@@H]1[C@@H]2CC[C@]3(O2)[C@H](C(=O)N(CC=C)c2ccc(OC)cc2)N(CCCCCCO)C(=O)[C@@H]13. The zero-order valence-electron chi connectivity index (χ0n) is 26.4. The van der Waals surface area contributed by atoms with Gasteiger partial charge in [-0.25, -0.2) is 0 Å². The molecule has 1 aromatic carbocycles. The van der Waals surface area contributed by atoms with Gasteiger partial charge in [0.25, 0.3) is 5.91 Å². The van der Waals surface area contributed by atoms with Gasteiger partial charge in [0.05, 0.1) is 31.6 Å². The maximum Gasteiger partial charge on any atom is 0.312 e. The third-order valence-corrected chi connectivity index (χ3v) is 9.05. The number of methoxy groups -OCH3 is 1. The van der Waals surface area contributed by atoms with E-state index in [1.54, 1.807) is 60.3 Å². The molecule has 1 aromatic rings. The number of rotatable bonds is 18. The Morgan fingerprint density at radius 3 is 2.58 bits per heavy atom. The molecule has 0 aromatic heterocycles. The van der Waals surface area contributed by atoms with E-state index in [1.807, 2.05) is 0 Å². The van der Waals surface area contributed by atoms with Crippen LogP contribution in [0.5, 0.6) is 5.75 Å². The molecule has 0 aliphatic carbocycles. The van der Waals surface area contributed by atoms with Crippen molar-refractivity contribution < 1.29 is 38.5 Å². The van der Waals surface area contributed by atoms with E-state index in [2.05, 4.69) is 18.5 Å². The first-order valence-electron chi connectivity index (χ1n) is 16.0. The number of likely N-dealkylation sites (tertiary alicyclic amines) is 1. The van der Waals surface area contributed by atoms with Crippen LogP contribution in [0.25, 0.3) is 0 Å². The van der Waals surface area contributed by atoms with Crippen LogP contribution in [-0.2, 0) is 28.7 Å². The Morgan fingerprint density at radius 1 is 1.18 bits per heavy atom. The van der Waals surface area contributed by atoms with Crippen molar-refractivity contribution in [3.05, 3.63) is 49.6 Å². The Kier molecular flexibility index (Phi) is 11.8. The lowest BCUT2D eigenvalue weighted by Crippen LogP contribution is -2.56. The number of anilines is 1. The molecular formula is C34H47N3O8. The van der Waals surface area contributed by atoms with E-state index >= 15 is 0 Å². The molecular weight excluding hydrogens is 578 g/mol. The molecule has 4 rings (SSSR count). The van der Waals surface area contributed by atoms with Crippen LogP contribution in [0, 0.1) is 11.8 Å². The van der Waals surface area contributed by atoms with E-state index in [9.17, 15) is 24.3 Å². The number of allylic oxidation sites excluding steroid dienone is 1. The van der Waals surface area contributed by atoms with Gasteiger partial charge in [-0.1, -0.05) is 25.0 Å². The Hall–Kier alpha value is -3.70. The summed E-state index contributed by atoms with van der Waals surface area (Å²) in [5.74, 6) is -2.35. The van der Waals surface area contributed by atoms with Crippen LogP contribution < -0.4 is 15.0 Å². The lowest BCUT2D eigenvalue weighted by molar-refractivity contribution is -0.159. The van der Waals surface area contributed by atoms with Gasteiger partial charge in [0.1, 0.15) is 23.5 Å². The number of carbonyl (C=O) groups is 4. The summed E-state index contributed by atoms with van der Waals surface area (Å²) >= 11 is 0. The Bertz CT molecular complexity index is 1240. The summed E-state index contributed by atoms with van der Waals surface area (Å²) in [5.41, 5.74) is -0.537. The van der Waals surface area contributed by atoms with Crippen molar-refractivity contribution in [2.75, 3.05) is 38.3 Å². The predicted octanol–water partition coefficient (Wildman–Crippen LogP) is 3.16. The molecule has 3 aliphatic rings. The molecule has 6 atom stereocenters. The van der Waals surface area contributed by atoms with Crippen LogP contribution in [0.2, 0.25) is 0 Å². The van der Waals surface area contributed by atoms with E-state index in [0.717, 1.165) is 12.8 Å². The van der Waals surface area contributed by atoms with Crippen LogP contribution in [-0.4, -0.2) is 90.9 Å². The van der Waals surface area contributed by atoms with Crippen molar-refractivity contribution in [3.8, 4) is 5.75 Å². The number of carbonyl (C=O) groups excluding carboxylic acids is 4. The molecule has 246 valence electrons. The van der Waals surface area contributed by atoms with Gasteiger partial charge in [0, 0.05) is 31.8 Å². The smallest absolute Gasteiger partial charge is 0.312 e. The van der Waals surface area contributed by atoms with Crippen molar-refractivity contribution >= 4 is 29.4 Å². The quantitative estimate of drug-likeness (QED) is 0.144. The summed E-state index contributed by atoms with van der Waals surface area (Å²) in [6.07, 6.45) is 6.87. The fraction of sp³-hybridized carbons (Fsp3) is 0.588. The van der Waals surface area contributed by atoms with E-state index in [4.69, 9.17) is 14.2 Å². The molecule has 2 bridgehead atoms. The Morgan fingerprint density at radius 2 is 1.91 bits per heavy atom. The molecule has 3 fully saturated rings. The molecule has 11 nitrogen and oxygen atoms in total. The minimum atomic E-state index is -1.17. The number of fused-ring (bicyclic) bond motifs is 1. The zero-order valence-corrected chi connectivity index (χ0v) is 26.4. The number of unbranched alkanes of at least 4 members (excludes halogenated alkanes) is 3. The van der Waals surface area contributed by atoms with Crippen molar-refractivity contribution in [2.24, 2.45) is 11.8 Å². The van der Waals surface area contributed by atoms with Crippen LogP contribution in [0.1, 0.15) is 58.3 Å². The zero-order chi connectivity index (χ0) is 32.6. The normalized spacial score (nSPS) is 25.4. The summed E-state index contributed by atoms with van der Waals surface area (Å²) < 4.78 is 17.6. The number of nitrogens with one attached hydrogen (secondary N) is 1. The summed E-state index contributed by atoms with van der Waals surface area (Å²) in [6.45, 7) is 9.95. The molecule has 45 heavy (non-hydrogen) atoms. The van der Waals surface area contributed by atoms with E-state index < -0.39 is 41.7 Å². The average Bonchev–Trinajstić information content (AvgIpc) is 3.68. The van der Waals surface area contributed by atoms with Crippen molar-refractivity contribution in [1.82, 2.24) is 10.2 Å². The number of hydrogen-bond acceptors (Lipinski definition) is 8. The number of ether oxygens (including phenoxy) is 3. The predicted molar refractivity (Wildman–Crippen MR) is 168 cm³/mol. The number of aliphatic hydroxyl groups excluding tert-OH is 1. The minimum absolute atomic E-state index is 0.100. The highest BCUT2D eigenvalue weighted by atomic mass is 16.6. The van der Waals surface area contributed by atoms with Gasteiger partial charge in [0.2, 0.25) is 11.8 Å². The van der Waals surface area contributed by atoms with Crippen LogP contribution in [0.3, 0.4) is 0 Å². The lowest BCUT2D eigenvalue weighted by Gasteiger charge is -2.36. The first kappa shape index (κ1) is 34.2. The lowest BCUT2D eigenvalue weighted by atomic mass is 9.70. The van der Waals surface area contributed by atoms with E-state index in [1.165, 1.54) is 0 Å². The summed E-state index contributed by atoms with van der Waals surface area (Å²) in [7, 11) is 1.57. The van der Waals surface area contributed by atoms with Gasteiger partial charge >= 0.3 is 5.97 Å². The van der Waals surface area contributed by atoms with Gasteiger partial charge in [-0.05, 0) is 63.3 Å². The van der Waals surface area contributed by atoms with E-state index in [-0.39, 0.29) is 37.4 Å². The van der Waals surface area contributed by atoms with Crippen molar-refractivity contribution in [3.63, 3.8) is 0 Å². The minimum Gasteiger partial charge on any atom is -0.497 e. The summed E-state index contributed by atoms with van der Waals surface area (Å²) in [6, 6.07) is 6.18. The molecule has 0 saturated carbocycles. The second-order valence-electron chi connectivity index (χ2n) is 12.0. The highest BCUT2D eigenvalue weighted by molar-refractivity contribution is 6.04. The van der Waals surface area contributed by atoms with Crippen molar-refractivity contribution in [1.29, 1.82) is 0 Å². The average molecular weight is 626 g/mol. The number of amides is 3. The maximum atomic E-state index is 14.6.